The Balaban J connectivity index is 2.01. The molecule has 0 aliphatic rings. The van der Waals surface area contributed by atoms with E-state index in [0.717, 1.165) is 17.0 Å². The van der Waals surface area contributed by atoms with Gasteiger partial charge in [-0.1, -0.05) is 5.16 Å². The first-order chi connectivity index (χ1) is 12.9. The van der Waals surface area contributed by atoms with Gasteiger partial charge in [-0.2, -0.15) is 0 Å². The van der Waals surface area contributed by atoms with Crippen LogP contribution in [0.1, 0.15) is 34.3 Å². The maximum atomic E-state index is 12.5. The number of methoxy groups -OCH3 is 1. The number of ether oxygens (including phenoxy) is 2. The molecule has 146 valence electrons. The molecule has 0 spiro atoms. The molecule has 0 bridgehead atoms. The summed E-state index contributed by atoms with van der Waals surface area (Å²) in [5, 5.41) is 7.08. The third kappa shape index (κ3) is 5.80. The van der Waals surface area contributed by atoms with Crippen LogP contribution in [0.15, 0.2) is 27.9 Å². The first kappa shape index (κ1) is 20.9. The molecule has 1 amide bonds. The molecule has 2 aromatic rings. The first-order valence-corrected chi connectivity index (χ1v) is 9.39. The molecule has 2 rings (SSSR count). The number of thioether (sulfide) groups is 1. The van der Waals surface area contributed by atoms with E-state index >= 15 is 0 Å². The Kier molecular flexibility index (Phi) is 7.81. The second kappa shape index (κ2) is 10.1. The smallest absolute Gasteiger partial charge is 0.341 e. The van der Waals surface area contributed by atoms with Gasteiger partial charge in [0.05, 0.1) is 17.9 Å². The first-order valence-electron chi connectivity index (χ1n) is 8.41. The van der Waals surface area contributed by atoms with Gasteiger partial charge in [0, 0.05) is 31.2 Å². The molecule has 0 unspecified atom stereocenters. The van der Waals surface area contributed by atoms with E-state index in [1.807, 2.05) is 13.8 Å². The van der Waals surface area contributed by atoms with Gasteiger partial charge >= 0.3 is 5.97 Å². The fourth-order valence-electron chi connectivity index (χ4n) is 2.21. The highest BCUT2D eigenvalue weighted by Crippen LogP contribution is 2.27. The second-order valence-corrected chi connectivity index (χ2v) is 6.74. The summed E-state index contributed by atoms with van der Waals surface area (Å²) in [5.41, 5.74) is 2.09. The number of pyridine rings is 1. The number of hydrogen-bond acceptors (Lipinski definition) is 8. The number of esters is 1. The summed E-state index contributed by atoms with van der Waals surface area (Å²) >= 11 is 1.38. The normalized spacial score (nSPS) is 11.9. The van der Waals surface area contributed by atoms with Gasteiger partial charge in [0.1, 0.15) is 10.8 Å². The van der Waals surface area contributed by atoms with Gasteiger partial charge in [0.25, 0.3) is 5.91 Å². The molecule has 8 nitrogen and oxygen atoms in total. The molecule has 0 saturated heterocycles. The lowest BCUT2D eigenvalue weighted by Gasteiger charge is -2.14. The predicted octanol–water partition coefficient (Wildman–Crippen LogP) is 2.29. The van der Waals surface area contributed by atoms with Gasteiger partial charge in [-0.15, -0.1) is 11.8 Å². The number of nitrogens with one attached hydrogen (secondary N) is 1. The van der Waals surface area contributed by atoms with Gasteiger partial charge in [0.15, 0.2) is 6.10 Å². The van der Waals surface area contributed by atoms with Crippen molar-refractivity contribution in [1.82, 2.24) is 15.5 Å². The highest BCUT2D eigenvalue weighted by atomic mass is 32.2. The Bertz CT molecular complexity index is 774. The molecule has 0 aromatic carbocycles. The van der Waals surface area contributed by atoms with E-state index in [9.17, 15) is 9.59 Å². The Morgan fingerprint density at radius 2 is 2.15 bits per heavy atom. The quantitative estimate of drug-likeness (QED) is 0.393. The Morgan fingerprint density at radius 3 is 2.81 bits per heavy atom. The molecular weight excluding hydrogens is 370 g/mol. The standard InChI is InChI=1S/C18H23N3O5S/c1-11-15(12(2)26-21-11)10-27-17-14(6-5-7-20-17)18(23)25-13(3)16(22)19-8-9-24-4/h5-7,13H,8-10H2,1-4H3,(H,19,22)/t13-/m0/s1. The van der Waals surface area contributed by atoms with Crippen LogP contribution in [0, 0.1) is 13.8 Å². The largest absolute Gasteiger partial charge is 0.449 e. The highest BCUT2D eigenvalue weighted by Gasteiger charge is 2.21. The average Bonchev–Trinajstić information content (AvgIpc) is 2.98. The van der Waals surface area contributed by atoms with E-state index in [1.165, 1.54) is 18.7 Å². The number of aromatic nitrogens is 2. The van der Waals surface area contributed by atoms with Gasteiger partial charge in [-0.25, -0.2) is 9.78 Å². The maximum Gasteiger partial charge on any atom is 0.341 e. The van der Waals surface area contributed by atoms with Crippen molar-refractivity contribution in [2.75, 3.05) is 20.3 Å². The summed E-state index contributed by atoms with van der Waals surface area (Å²) in [7, 11) is 1.54. The van der Waals surface area contributed by atoms with E-state index in [-0.39, 0.29) is 5.91 Å². The molecule has 0 aliphatic carbocycles. The van der Waals surface area contributed by atoms with Crippen LogP contribution >= 0.6 is 11.8 Å². The maximum absolute atomic E-state index is 12.5. The third-order valence-corrected chi connectivity index (χ3v) is 4.82. The minimum atomic E-state index is -0.921. The molecule has 27 heavy (non-hydrogen) atoms. The van der Waals surface area contributed by atoms with E-state index in [0.29, 0.717) is 29.5 Å². The SMILES string of the molecule is COCCNC(=O)[C@H](C)OC(=O)c1cccnc1SCc1c(C)noc1C. The molecular formula is C18H23N3O5S. The molecule has 0 fully saturated rings. The number of hydrogen-bond donors (Lipinski definition) is 1. The van der Waals surface area contributed by atoms with Crippen LogP contribution in [0.5, 0.6) is 0 Å². The number of aryl methyl sites for hydroxylation is 2. The lowest BCUT2D eigenvalue weighted by Crippen LogP contribution is -2.37. The zero-order valence-corrected chi connectivity index (χ0v) is 16.6. The van der Waals surface area contributed by atoms with Crippen LogP contribution in [0.4, 0.5) is 0 Å². The van der Waals surface area contributed by atoms with Gasteiger partial charge in [-0.05, 0) is 32.9 Å². The van der Waals surface area contributed by atoms with Crippen molar-refractivity contribution in [2.45, 2.75) is 37.7 Å². The Morgan fingerprint density at radius 1 is 1.37 bits per heavy atom. The zero-order valence-electron chi connectivity index (χ0n) is 15.8. The zero-order chi connectivity index (χ0) is 19.8. The van der Waals surface area contributed by atoms with Gasteiger partial charge < -0.3 is 19.3 Å². The minimum absolute atomic E-state index is 0.311. The Hall–Kier alpha value is -2.39. The molecule has 2 aromatic heterocycles. The Labute approximate surface area is 162 Å². The lowest BCUT2D eigenvalue weighted by atomic mass is 10.2. The van der Waals surface area contributed by atoms with Crippen molar-refractivity contribution < 1.29 is 23.6 Å². The van der Waals surface area contributed by atoms with Crippen molar-refractivity contribution in [1.29, 1.82) is 0 Å². The number of carbonyl (C=O) groups excluding carboxylic acids is 2. The average molecular weight is 393 g/mol. The summed E-state index contributed by atoms with van der Waals surface area (Å²) in [6, 6.07) is 3.28. The molecule has 2 heterocycles. The highest BCUT2D eigenvalue weighted by molar-refractivity contribution is 7.98. The van der Waals surface area contributed by atoms with E-state index < -0.39 is 12.1 Å². The molecule has 0 radical (unpaired) electrons. The third-order valence-electron chi connectivity index (χ3n) is 3.78. The van der Waals surface area contributed by atoms with Crippen molar-refractivity contribution in [3.05, 3.63) is 40.9 Å². The fourth-order valence-corrected chi connectivity index (χ4v) is 3.34. The van der Waals surface area contributed by atoms with Gasteiger partial charge in [-0.3, -0.25) is 4.79 Å². The number of carbonyl (C=O) groups is 2. The topological polar surface area (TPSA) is 104 Å². The van der Waals surface area contributed by atoms with E-state index in [1.54, 1.807) is 25.4 Å². The summed E-state index contributed by atoms with van der Waals surface area (Å²) in [5.74, 6) is 0.320. The van der Waals surface area contributed by atoms with Crippen LogP contribution in [0.25, 0.3) is 0 Å². The van der Waals surface area contributed by atoms with Crippen LogP contribution in [0.2, 0.25) is 0 Å². The molecule has 0 saturated carbocycles. The summed E-state index contributed by atoms with van der Waals surface area (Å²) in [6.45, 7) is 5.96. The van der Waals surface area contributed by atoms with E-state index in [2.05, 4.69) is 15.5 Å². The van der Waals surface area contributed by atoms with Crippen molar-refractivity contribution in [3.8, 4) is 0 Å². The van der Waals surface area contributed by atoms with Crippen molar-refractivity contribution >= 4 is 23.6 Å². The van der Waals surface area contributed by atoms with E-state index in [4.69, 9.17) is 14.0 Å². The number of amides is 1. The summed E-state index contributed by atoms with van der Waals surface area (Å²) in [6.07, 6.45) is 0.683. The monoisotopic (exact) mass is 393 g/mol. The van der Waals surface area contributed by atoms with Crippen LogP contribution in [0.3, 0.4) is 0 Å². The van der Waals surface area contributed by atoms with Crippen molar-refractivity contribution in [3.63, 3.8) is 0 Å². The molecule has 1 N–H and O–H groups in total. The molecule has 9 heteroatoms. The molecule has 1 atom stereocenters. The van der Waals surface area contributed by atoms with Crippen LogP contribution in [-0.4, -0.2) is 48.4 Å². The van der Waals surface area contributed by atoms with Crippen LogP contribution in [-0.2, 0) is 20.0 Å². The van der Waals surface area contributed by atoms with Crippen LogP contribution < -0.4 is 5.32 Å². The summed E-state index contributed by atoms with van der Waals surface area (Å²) < 4.78 is 15.3. The fraction of sp³-hybridized carbons (Fsp3) is 0.444. The second-order valence-electron chi connectivity index (χ2n) is 5.78. The number of rotatable bonds is 9. The summed E-state index contributed by atoms with van der Waals surface area (Å²) in [4.78, 5) is 28.7. The minimum Gasteiger partial charge on any atom is -0.449 e. The van der Waals surface area contributed by atoms with Gasteiger partial charge in [0.2, 0.25) is 0 Å². The molecule has 0 aliphatic heterocycles. The van der Waals surface area contributed by atoms with Crippen molar-refractivity contribution in [2.24, 2.45) is 0 Å². The number of nitrogens with zero attached hydrogens (tertiary/aromatic N) is 2. The predicted molar refractivity (Wildman–Crippen MR) is 99.5 cm³/mol. The lowest BCUT2D eigenvalue weighted by molar-refractivity contribution is -0.129.